The maximum Gasteiger partial charge on any atom is 0.409 e. The van der Waals surface area contributed by atoms with E-state index < -0.39 is 40.7 Å². The van der Waals surface area contributed by atoms with Crippen LogP contribution in [0.2, 0.25) is 0 Å². The van der Waals surface area contributed by atoms with Crippen LogP contribution in [0.4, 0.5) is 9.93 Å². The zero-order valence-electron chi connectivity index (χ0n) is 18.0. The average molecular weight is 513 g/mol. The topological polar surface area (TPSA) is 188 Å². The quantitative estimate of drug-likeness (QED) is 0.175. The molecule has 3 atom stereocenters. The molecule has 0 radical (unpaired) electrons. The minimum Gasteiger partial charge on any atom is -0.481 e. The van der Waals surface area contributed by atoms with Crippen molar-refractivity contribution in [3.63, 3.8) is 0 Å². The van der Waals surface area contributed by atoms with E-state index in [4.69, 9.17) is 10.5 Å². The van der Waals surface area contributed by atoms with E-state index in [1.54, 1.807) is 4.90 Å². The van der Waals surface area contributed by atoms with Crippen LogP contribution in [0.3, 0.4) is 0 Å². The van der Waals surface area contributed by atoms with Crippen molar-refractivity contribution >= 4 is 57.8 Å². The molecule has 0 aromatic carbocycles. The van der Waals surface area contributed by atoms with Crippen molar-refractivity contribution in [3.8, 4) is 0 Å². The van der Waals surface area contributed by atoms with Crippen LogP contribution in [-0.4, -0.2) is 98.1 Å². The minimum absolute atomic E-state index is 0.0721. The molecule has 5 N–H and O–H groups in total. The average Bonchev–Trinajstić information content (AvgIpc) is 3.27. The Morgan fingerprint density at radius 3 is 2.68 bits per heavy atom. The van der Waals surface area contributed by atoms with Gasteiger partial charge >= 0.3 is 12.1 Å². The maximum absolute atomic E-state index is 12.7. The van der Waals surface area contributed by atoms with Gasteiger partial charge in [0.2, 0.25) is 5.91 Å². The Balaban J connectivity index is 1.37. The number of carboxylic acid groups (broad SMARTS) is 1. The number of aromatic nitrogens is 1. The molecule has 13 nitrogen and oxygen atoms in total. The Hall–Kier alpha value is -3.07. The van der Waals surface area contributed by atoms with Crippen LogP contribution in [0, 0.1) is 5.41 Å². The first-order chi connectivity index (χ1) is 16.3. The number of oxime groups is 1. The van der Waals surface area contributed by atoms with Crippen molar-refractivity contribution in [2.24, 2.45) is 10.6 Å². The molecule has 3 amide bonds. The van der Waals surface area contributed by atoms with Crippen LogP contribution >= 0.6 is 23.1 Å². The number of nitrogen functional groups attached to an aromatic ring is 1. The third kappa shape index (κ3) is 4.49. The molecule has 184 valence electrons. The van der Waals surface area contributed by atoms with Gasteiger partial charge in [-0.3, -0.25) is 14.4 Å². The molecule has 3 aliphatic rings. The van der Waals surface area contributed by atoms with Gasteiger partial charge in [-0.15, -0.1) is 23.1 Å². The summed E-state index contributed by atoms with van der Waals surface area (Å²) in [5.74, 6) is -2.37. The summed E-state index contributed by atoms with van der Waals surface area (Å²) in [5.41, 5.74) is 3.78. The van der Waals surface area contributed by atoms with Crippen LogP contribution in [0.15, 0.2) is 10.5 Å². The maximum atomic E-state index is 12.7. The summed E-state index contributed by atoms with van der Waals surface area (Å²) < 4.78 is 5.34. The summed E-state index contributed by atoms with van der Waals surface area (Å²) >= 11 is 2.24. The van der Waals surface area contributed by atoms with E-state index in [2.05, 4.69) is 15.5 Å². The summed E-state index contributed by atoms with van der Waals surface area (Å²) in [7, 11) is 0. The Kier molecular flexibility index (Phi) is 6.84. The Labute approximate surface area is 202 Å². The van der Waals surface area contributed by atoms with Crippen LogP contribution in [0.25, 0.3) is 0 Å². The van der Waals surface area contributed by atoms with E-state index >= 15 is 0 Å². The summed E-state index contributed by atoms with van der Waals surface area (Å²) in [6, 6.07) is -0.923. The van der Waals surface area contributed by atoms with Gasteiger partial charge < -0.3 is 35.9 Å². The largest absolute Gasteiger partial charge is 0.481 e. The number of piperidine rings is 1. The lowest BCUT2D eigenvalue weighted by Crippen LogP contribution is -2.74. The molecule has 4 rings (SSSR count). The number of likely N-dealkylation sites (tertiary alicyclic amines) is 1. The van der Waals surface area contributed by atoms with E-state index in [1.165, 1.54) is 22.0 Å². The molecular formula is C19H24N6O7S2. The van der Waals surface area contributed by atoms with Gasteiger partial charge in [0.05, 0.1) is 0 Å². The van der Waals surface area contributed by atoms with Crippen molar-refractivity contribution in [1.82, 2.24) is 20.1 Å². The number of hydrogen-bond acceptors (Lipinski definition) is 11. The number of anilines is 1. The lowest BCUT2D eigenvalue weighted by Gasteiger charge is -2.53. The fourth-order valence-electron chi connectivity index (χ4n) is 4.09. The van der Waals surface area contributed by atoms with Gasteiger partial charge in [0.25, 0.3) is 5.91 Å². The number of amides is 3. The number of carbonyl (C=O) groups excluding carboxylic acids is 3. The Morgan fingerprint density at radius 1 is 1.32 bits per heavy atom. The normalized spacial score (nSPS) is 26.9. The number of nitrogens with two attached hydrogens (primary N) is 1. The molecule has 1 aromatic rings. The molecule has 1 aromatic heterocycles. The van der Waals surface area contributed by atoms with Crippen molar-refractivity contribution in [2.45, 2.75) is 30.7 Å². The predicted molar refractivity (Wildman–Crippen MR) is 122 cm³/mol. The van der Waals surface area contributed by atoms with Crippen molar-refractivity contribution in [3.05, 3.63) is 11.1 Å². The molecule has 2 unspecified atom stereocenters. The second-order valence-electron chi connectivity index (χ2n) is 8.33. The molecule has 3 saturated heterocycles. The number of thiazole rings is 1. The first-order valence-electron chi connectivity index (χ1n) is 10.6. The van der Waals surface area contributed by atoms with Crippen LogP contribution in [0.5, 0.6) is 0 Å². The highest BCUT2D eigenvalue weighted by molar-refractivity contribution is 8.00. The highest BCUT2D eigenvalue weighted by Gasteiger charge is 2.58. The third-order valence-electron chi connectivity index (χ3n) is 6.05. The molecule has 3 aliphatic heterocycles. The molecule has 0 aliphatic carbocycles. The molecule has 0 spiro atoms. The second-order valence-corrected chi connectivity index (χ2v) is 10.3. The summed E-state index contributed by atoms with van der Waals surface area (Å²) in [6.45, 7) is 0.648. The molecule has 4 heterocycles. The number of nitrogens with zero attached hydrogens (tertiary/aromatic N) is 4. The zero-order valence-corrected chi connectivity index (χ0v) is 19.6. The number of carboxylic acids is 1. The van der Waals surface area contributed by atoms with E-state index in [-0.39, 0.29) is 35.4 Å². The molecule has 0 saturated carbocycles. The van der Waals surface area contributed by atoms with Gasteiger partial charge in [-0.05, 0) is 19.3 Å². The first kappa shape index (κ1) is 24.1. The number of nitrogens with one attached hydrogen (secondary N) is 1. The van der Waals surface area contributed by atoms with Crippen molar-refractivity contribution < 1.29 is 34.2 Å². The van der Waals surface area contributed by atoms with Gasteiger partial charge in [-0.1, -0.05) is 5.16 Å². The fourth-order valence-corrected chi connectivity index (χ4v) is 6.16. The van der Waals surface area contributed by atoms with Crippen LogP contribution < -0.4 is 11.1 Å². The smallest absolute Gasteiger partial charge is 0.409 e. The van der Waals surface area contributed by atoms with Gasteiger partial charge in [0.1, 0.15) is 29.1 Å². The molecular weight excluding hydrogens is 488 g/mol. The van der Waals surface area contributed by atoms with Gasteiger partial charge in [-0.25, -0.2) is 9.78 Å². The number of carbonyl (C=O) groups is 4. The molecule has 15 heteroatoms. The van der Waals surface area contributed by atoms with E-state index in [0.29, 0.717) is 13.1 Å². The highest BCUT2D eigenvalue weighted by atomic mass is 32.2. The molecule has 34 heavy (non-hydrogen) atoms. The number of fused-ring (bicyclic) bond motifs is 1. The number of thioether (sulfide) groups is 1. The summed E-state index contributed by atoms with van der Waals surface area (Å²) in [6.07, 6.45) is 2.25. The summed E-state index contributed by atoms with van der Waals surface area (Å²) in [5, 5.41) is 25.7. The molecule has 3 fully saturated rings. The zero-order chi connectivity index (χ0) is 24.5. The predicted octanol–water partition coefficient (Wildman–Crippen LogP) is -0.00300. The molecule has 0 bridgehead atoms. The third-order valence-corrected chi connectivity index (χ3v) is 8.31. The number of hydrogen-bond donors (Lipinski definition) is 4. The van der Waals surface area contributed by atoms with Gasteiger partial charge in [-0.2, -0.15) is 0 Å². The lowest BCUT2D eigenvalue weighted by atomic mass is 9.88. The highest BCUT2D eigenvalue weighted by Crippen LogP contribution is 2.42. The SMILES string of the molecule is Nc1nc(C(=NO)C(=O)NC2C(=O)N3CC(COC(=O)N4CCCCC4)(C(=O)O)CS[C@H]23)cs1. The lowest BCUT2D eigenvalue weighted by molar-refractivity contribution is -0.160. The van der Waals surface area contributed by atoms with E-state index in [1.807, 2.05) is 0 Å². The van der Waals surface area contributed by atoms with Crippen molar-refractivity contribution in [2.75, 3.05) is 37.7 Å². The van der Waals surface area contributed by atoms with Gasteiger partial charge in [0, 0.05) is 30.8 Å². The Bertz CT molecular complexity index is 1030. The van der Waals surface area contributed by atoms with Crippen LogP contribution in [0.1, 0.15) is 25.0 Å². The minimum atomic E-state index is -1.45. The number of ether oxygens (including phenoxy) is 1. The second kappa shape index (κ2) is 9.66. The first-order valence-corrected chi connectivity index (χ1v) is 12.5. The van der Waals surface area contributed by atoms with Crippen LogP contribution in [-0.2, 0) is 19.1 Å². The van der Waals surface area contributed by atoms with Crippen molar-refractivity contribution in [1.29, 1.82) is 0 Å². The Morgan fingerprint density at radius 2 is 2.06 bits per heavy atom. The van der Waals surface area contributed by atoms with E-state index in [0.717, 1.165) is 30.6 Å². The fraction of sp³-hybridized carbons (Fsp3) is 0.579. The monoisotopic (exact) mass is 512 g/mol. The number of β-lactam (4-membered cyclic amide) rings is 1. The number of aliphatic carboxylic acids is 1. The van der Waals surface area contributed by atoms with E-state index in [9.17, 15) is 29.5 Å². The standard InChI is InChI=1S/C19H24N6O7S2/c20-17-21-10(6-33-17)11(23-31)13(26)22-12-14(27)25-7-19(16(28)29,9-34-15(12)25)8-32-18(30)24-4-2-1-3-5-24/h6,12,15,31H,1-5,7-9H2,(H2,20,21)(H,22,26)(H,28,29)/t12?,15-,19?/m1/s1. The number of rotatable bonds is 6. The van der Waals surface area contributed by atoms with Gasteiger partial charge in [0.15, 0.2) is 10.8 Å². The summed E-state index contributed by atoms with van der Waals surface area (Å²) in [4.78, 5) is 56.5.